The molecule has 2 aromatic rings. The van der Waals surface area contributed by atoms with E-state index in [4.69, 9.17) is 10.2 Å². The van der Waals surface area contributed by atoms with E-state index in [-0.39, 0.29) is 11.7 Å². The Morgan fingerprint density at radius 3 is 2.58 bits per heavy atom. The summed E-state index contributed by atoms with van der Waals surface area (Å²) in [7, 11) is 0. The quantitative estimate of drug-likeness (QED) is 0.860. The van der Waals surface area contributed by atoms with Gasteiger partial charge >= 0.3 is 0 Å². The van der Waals surface area contributed by atoms with Crippen molar-refractivity contribution in [3.05, 3.63) is 41.6 Å². The molecule has 19 heavy (non-hydrogen) atoms. The number of nitrogens with two attached hydrogens (primary N) is 1. The number of nitrogen functional groups attached to an aromatic ring is 1. The summed E-state index contributed by atoms with van der Waals surface area (Å²) in [6, 6.07) is 7.26. The lowest BCUT2D eigenvalue weighted by atomic mass is 10.2. The first kappa shape index (κ1) is 13.1. The number of nitrogens with zero attached hydrogens (tertiary/aromatic N) is 2. The summed E-state index contributed by atoms with van der Waals surface area (Å²) in [5, 5.41) is 0. The first-order valence-corrected chi connectivity index (χ1v) is 6.15. The van der Waals surface area contributed by atoms with Crippen LogP contribution >= 0.6 is 0 Å². The van der Waals surface area contributed by atoms with Crippen LogP contribution < -0.4 is 10.6 Å². The number of anilines is 2. The largest absolute Gasteiger partial charge is 0.436 e. The number of aromatic nitrogens is 1. The van der Waals surface area contributed by atoms with Crippen LogP contribution in [0.5, 0.6) is 0 Å². The number of hydrogen-bond acceptors (Lipinski definition) is 4. The van der Waals surface area contributed by atoms with E-state index in [1.54, 1.807) is 24.8 Å². The van der Waals surface area contributed by atoms with E-state index in [2.05, 4.69) is 4.98 Å². The highest BCUT2D eigenvalue weighted by molar-refractivity contribution is 6.06. The molecule has 0 aliphatic carbocycles. The molecule has 0 atom stereocenters. The predicted molar refractivity (Wildman–Crippen MR) is 74.2 cm³/mol. The third-order valence-corrected chi connectivity index (χ3v) is 2.89. The van der Waals surface area contributed by atoms with Crippen LogP contribution in [-0.4, -0.2) is 17.4 Å². The van der Waals surface area contributed by atoms with Crippen LogP contribution in [0.25, 0.3) is 0 Å². The molecule has 0 bridgehead atoms. The van der Waals surface area contributed by atoms with Gasteiger partial charge in [-0.1, -0.05) is 12.1 Å². The molecule has 1 heterocycles. The van der Waals surface area contributed by atoms with Gasteiger partial charge in [0.2, 0.25) is 5.76 Å². The minimum absolute atomic E-state index is 0.224. The molecule has 0 fully saturated rings. The highest BCUT2D eigenvalue weighted by atomic mass is 16.4. The molecular weight excluding hydrogens is 242 g/mol. The topological polar surface area (TPSA) is 72.4 Å². The highest BCUT2D eigenvalue weighted by Crippen LogP contribution is 2.25. The molecule has 100 valence electrons. The van der Waals surface area contributed by atoms with Crippen LogP contribution in [0.2, 0.25) is 0 Å². The van der Waals surface area contributed by atoms with Gasteiger partial charge in [-0.15, -0.1) is 0 Å². The molecule has 0 aliphatic heterocycles. The molecule has 0 saturated carbocycles. The van der Waals surface area contributed by atoms with E-state index in [1.807, 2.05) is 25.1 Å². The third kappa shape index (κ3) is 2.45. The fraction of sp³-hybridized carbons (Fsp3) is 0.286. The fourth-order valence-corrected chi connectivity index (χ4v) is 2.01. The van der Waals surface area contributed by atoms with Gasteiger partial charge in [0, 0.05) is 13.5 Å². The van der Waals surface area contributed by atoms with Gasteiger partial charge in [0.15, 0.2) is 5.89 Å². The Morgan fingerprint density at radius 1 is 1.37 bits per heavy atom. The van der Waals surface area contributed by atoms with Gasteiger partial charge in [0.05, 0.1) is 17.1 Å². The van der Waals surface area contributed by atoms with Crippen LogP contribution in [0.3, 0.4) is 0 Å². The third-order valence-electron chi connectivity index (χ3n) is 2.89. The number of oxazole rings is 1. The van der Waals surface area contributed by atoms with E-state index < -0.39 is 0 Å². The van der Waals surface area contributed by atoms with Crippen LogP contribution in [0.4, 0.5) is 11.4 Å². The first-order chi connectivity index (χ1) is 9.04. The summed E-state index contributed by atoms with van der Waals surface area (Å²) in [5.41, 5.74) is 7.75. The number of carbonyl (C=O) groups excluding carboxylic acids is 1. The molecule has 2 N–H and O–H groups in total. The fourth-order valence-electron chi connectivity index (χ4n) is 2.01. The summed E-state index contributed by atoms with van der Waals surface area (Å²) in [5.74, 6) is 0.527. The Kier molecular flexibility index (Phi) is 3.55. The maximum Gasteiger partial charge on any atom is 0.296 e. The number of para-hydroxylation sites is 2. The van der Waals surface area contributed by atoms with Crippen molar-refractivity contribution in [3.8, 4) is 0 Å². The molecule has 2 rings (SSSR count). The maximum atomic E-state index is 12.5. The number of amides is 1. The predicted octanol–water partition coefficient (Wildman–Crippen LogP) is 2.54. The monoisotopic (exact) mass is 259 g/mol. The molecule has 0 spiro atoms. The van der Waals surface area contributed by atoms with Gasteiger partial charge < -0.3 is 15.1 Å². The van der Waals surface area contributed by atoms with E-state index in [9.17, 15) is 4.79 Å². The Bertz CT molecular complexity index is 604. The summed E-state index contributed by atoms with van der Waals surface area (Å²) >= 11 is 0. The van der Waals surface area contributed by atoms with Gasteiger partial charge in [-0.2, -0.15) is 0 Å². The van der Waals surface area contributed by atoms with E-state index in [0.717, 1.165) is 0 Å². The Hall–Kier alpha value is -2.30. The van der Waals surface area contributed by atoms with Gasteiger partial charge in [-0.3, -0.25) is 4.79 Å². The number of hydrogen-bond donors (Lipinski definition) is 1. The Labute approximate surface area is 112 Å². The number of benzene rings is 1. The zero-order chi connectivity index (χ0) is 14.0. The lowest BCUT2D eigenvalue weighted by Gasteiger charge is -2.21. The first-order valence-electron chi connectivity index (χ1n) is 6.15. The Morgan fingerprint density at radius 2 is 2.05 bits per heavy atom. The molecule has 0 saturated heterocycles. The van der Waals surface area contributed by atoms with Crippen LogP contribution in [-0.2, 0) is 0 Å². The smallest absolute Gasteiger partial charge is 0.296 e. The second-order valence-electron chi connectivity index (χ2n) is 4.26. The van der Waals surface area contributed by atoms with Crippen molar-refractivity contribution in [1.82, 2.24) is 4.98 Å². The minimum Gasteiger partial charge on any atom is -0.436 e. The van der Waals surface area contributed by atoms with Crippen molar-refractivity contribution in [2.24, 2.45) is 0 Å². The molecule has 1 amide bonds. The van der Waals surface area contributed by atoms with Crippen molar-refractivity contribution in [2.45, 2.75) is 20.8 Å². The summed E-state index contributed by atoms with van der Waals surface area (Å²) in [6.07, 6.45) is 0. The normalized spacial score (nSPS) is 10.5. The SMILES string of the molecule is CCN(C(=O)c1oc(C)nc1C)c1ccccc1N. The summed E-state index contributed by atoms with van der Waals surface area (Å²) in [6.45, 7) is 5.87. The second kappa shape index (κ2) is 5.14. The number of carbonyl (C=O) groups is 1. The van der Waals surface area contributed by atoms with Crippen LogP contribution in [0, 0.1) is 13.8 Å². The van der Waals surface area contributed by atoms with Crippen molar-refractivity contribution < 1.29 is 9.21 Å². The standard InChI is InChI=1S/C14H17N3O2/c1-4-17(12-8-6-5-7-11(12)15)14(18)13-9(2)16-10(3)19-13/h5-8H,4,15H2,1-3H3. The van der Waals surface area contributed by atoms with Crippen molar-refractivity contribution in [1.29, 1.82) is 0 Å². The molecule has 0 aliphatic rings. The van der Waals surface area contributed by atoms with E-state index >= 15 is 0 Å². The van der Waals surface area contributed by atoms with Gasteiger partial charge in [0.25, 0.3) is 5.91 Å². The van der Waals surface area contributed by atoms with Gasteiger partial charge in [-0.25, -0.2) is 4.98 Å². The van der Waals surface area contributed by atoms with Gasteiger partial charge in [-0.05, 0) is 26.0 Å². The van der Waals surface area contributed by atoms with Crippen LogP contribution in [0.15, 0.2) is 28.7 Å². The number of rotatable bonds is 3. The molecular formula is C14H17N3O2. The van der Waals surface area contributed by atoms with E-state index in [0.29, 0.717) is 29.5 Å². The zero-order valence-corrected chi connectivity index (χ0v) is 11.3. The van der Waals surface area contributed by atoms with Crippen molar-refractivity contribution in [3.63, 3.8) is 0 Å². The maximum absolute atomic E-state index is 12.5. The second-order valence-corrected chi connectivity index (χ2v) is 4.26. The Balaban J connectivity index is 2.41. The average Bonchev–Trinajstić information content (AvgIpc) is 2.71. The minimum atomic E-state index is -0.224. The lowest BCUT2D eigenvalue weighted by Crippen LogP contribution is -2.31. The molecule has 0 radical (unpaired) electrons. The number of aryl methyl sites for hydroxylation is 2. The molecule has 1 aromatic carbocycles. The average molecular weight is 259 g/mol. The highest BCUT2D eigenvalue weighted by Gasteiger charge is 2.23. The molecule has 5 nitrogen and oxygen atoms in total. The van der Waals surface area contributed by atoms with Crippen molar-refractivity contribution >= 4 is 17.3 Å². The van der Waals surface area contributed by atoms with Crippen molar-refractivity contribution in [2.75, 3.05) is 17.2 Å². The zero-order valence-electron chi connectivity index (χ0n) is 11.3. The molecule has 1 aromatic heterocycles. The summed E-state index contributed by atoms with van der Waals surface area (Å²) < 4.78 is 5.38. The molecule has 0 unspecified atom stereocenters. The molecule has 5 heteroatoms. The van der Waals surface area contributed by atoms with Crippen LogP contribution in [0.1, 0.15) is 29.1 Å². The summed E-state index contributed by atoms with van der Waals surface area (Å²) in [4.78, 5) is 18.2. The van der Waals surface area contributed by atoms with Gasteiger partial charge in [0.1, 0.15) is 0 Å². The lowest BCUT2D eigenvalue weighted by molar-refractivity contribution is 0.0959. The van der Waals surface area contributed by atoms with E-state index in [1.165, 1.54) is 0 Å².